The Morgan fingerprint density at radius 2 is 2.00 bits per heavy atom. The van der Waals surface area contributed by atoms with E-state index in [4.69, 9.17) is 14.3 Å². The number of aliphatic hydroxyl groups is 1. The number of rotatable bonds is 4. The van der Waals surface area contributed by atoms with Crippen LogP contribution in [-0.2, 0) is 4.74 Å². The van der Waals surface area contributed by atoms with Crippen molar-refractivity contribution < 1.29 is 19.1 Å². The van der Waals surface area contributed by atoms with Crippen LogP contribution < -0.4 is 0 Å². The molecule has 0 spiro atoms. The van der Waals surface area contributed by atoms with Crippen LogP contribution >= 0.6 is 0 Å². The lowest BCUT2D eigenvalue weighted by Crippen LogP contribution is -2.14. The SMILES string of the molecule is O=C(O[C@@H](CO)c1ccco1)c1ccccc1. The van der Waals surface area contributed by atoms with Gasteiger partial charge in [-0.2, -0.15) is 0 Å². The van der Waals surface area contributed by atoms with Gasteiger partial charge in [0.1, 0.15) is 5.76 Å². The number of benzene rings is 1. The first-order chi connectivity index (χ1) is 8.31. The van der Waals surface area contributed by atoms with Crippen molar-refractivity contribution in [2.45, 2.75) is 6.10 Å². The van der Waals surface area contributed by atoms with Crippen molar-refractivity contribution in [2.75, 3.05) is 6.61 Å². The molecule has 0 radical (unpaired) electrons. The van der Waals surface area contributed by atoms with E-state index < -0.39 is 12.1 Å². The van der Waals surface area contributed by atoms with Crippen LogP contribution in [0.4, 0.5) is 0 Å². The maximum Gasteiger partial charge on any atom is 0.338 e. The molecule has 0 fully saturated rings. The van der Waals surface area contributed by atoms with Gasteiger partial charge in [-0.05, 0) is 24.3 Å². The maximum absolute atomic E-state index is 11.7. The van der Waals surface area contributed by atoms with Crippen LogP contribution in [0.15, 0.2) is 53.1 Å². The summed E-state index contributed by atoms with van der Waals surface area (Å²) in [7, 11) is 0. The summed E-state index contributed by atoms with van der Waals surface area (Å²) in [5.74, 6) is -0.0576. The minimum atomic E-state index is -0.766. The van der Waals surface area contributed by atoms with Gasteiger partial charge >= 0.3 is 5.97 Å². The molecule has 1 atom stereocenters. The highest BCUT2D eigenvalue weighted by Gasteiger charge is 2.19. The Labute approximate surface area is 98.4 Å². The zero-order valence-corrected chi connectivity index (χ0v) is 9.08. The topological polar surface area (TPSA) is 59.7 Å². The quantitative estimate of drug-likeness (QED) is 0.821. The summed E-state index contributed by atoms with van der Waals surface area (Å²) >= 11 is 0. The molecule has 0 unspecified atom stereocenters. The maximum atomic E-state index is 11.7. The minimum absolute atomic E-state index is 0.313. The third-order valence-electron chi connectivity index (χ3n) is 2.29. The summed E-state index contributed by atoms with van der Waals surface area (Å²) < 4.78 is 10.2. The van der Waals surface area contributed by atoms with Gasteiger partial charge < -0.3 is 14.3 Å². The van der Waals surface area contributed by atoms with Crippen LogP contribution in [0.1, 0.15) is 22.2 Å². The molecule has 0 saturated carbocycles. The molecule has 1 aromatic heterocycles. The van der Waals surface area contributed by atoms with Crippen LogP contribution in [0.25, 0.3) is 0 Å². The molecule has 0 aliphatic heterocycles. The van der Waals surface area contributed by atoms with Crippen molar-refractivity contribution in [3.63, 3.8) is 0 Å². The van der Waals surface area contributed by atoms with Gasteiger partial charge in [0.15, 0.2) is 6.10 Å². The number of hydrogen-bond acceptors (Lipinski definition) is 4. The number of esters is 1. The van der Waals surface area contributed by atoms with Crippen molar-refractivity contribution in [2.24, 2.45) is 0 Å². The van der Waals surface area contributed by atoms with E-state index in [0.29, 0.717) is 11.3 Å². The highest BCUT2D eigenvalue weighted by atomic mass is 16.6. The summed E-state index contributed by atoms with van der Waals surface area (Å²) in [6.45, 7) is -0.313. The zero-order chi connectivity index (χ0) is 12.1. The molecule has 0 saturated heterocycles. The predicted octanol–water partition coefficient (Wildman–Crippen LogP) is 2.17. The average Bonchev–Trinajstić information content (AvgIpc) is 2.90. The predicted molar refractivity (Wildman–Crippen MR) is 60.4 cm³/mol. The van der Waals surface area contributed by atoms with Crippen molar-refractivity contribution in [1.82, 2.24) is 0 Å². The molecular formula is C13H12O4. The lowest BCUT2D eigenvalue weighted by Gasteiger charge is -2.12. The van der Waals surface area contributed by atoms with E-state index in [9.17, 15) is 4.79 Å². The first-order valence-electron chi connectivity index (χ1n) is 5.21. The highest BCUT2D eigenvalue weighted by Crippen LogP contribution is 2.18. The van der Waals surface area contributed by atoms with Crippen molar-refractivity contribution in [3.05, 3.63) is 60.1 Å². The minimum Gasteiger partial charge on any atom is -0.465 e. The normalized spacial score (nSPS) is 12.1. The van der Waals surface area contributed by atoms with Crippen molar-refractivity contribution in [1.29, 1.82) is 0 Å². The van der Waals surface area contributed by atoms with Crippen LogP contribution in [-0.4, -0.2) is 17.7 Å². The van der Waals surface area contributed by atoms with Gasteiger partial charge in [0.2, 0.25) is 0 Å². The fraction of sp³-hybridized carbons (Fsp3) is 0.154. The van der Waals surface area contributed by atoms with E-state index in [2.05, 4.69) is 0 Å². The average molecular weight is 232 g/mol. The summed E-state index contributed by atoms with van der Waals surface area (Å²) in [6, 6.07) is 11.9. The highest BCUT2D eigenvalue weighted by molar-refractivity contribution is 5.89. The molecule has 0 aliphatic carbocycles. The standard InChI is InChI=1S/C13H12O4/c14-9-12(11-7-4-8-16-11)17-13(15)10-5-2-1-3-6-10/h1-8,12,14H,9H2/t12-/m0/s1. The molecule has 4 heteroatoms. The molecule has 1 aromatic carbocycles. The number of carbonyl (C=O) groups excluding carboxylic acids is 1. The number of hydrogen-bond donors (Lipinski definition) is 1. The van der Waals surface area contributed by atoms with Gasteiger partial charge in [-0.3, -0.25) is 0 Å². The second-order valence-electron chi connectivity index (χ2n) is 3.46. The van der Waals surface area contributed by atoms with Crippen LogP contribution in [0, 0.1) is 0 Å². The summed E-state index contributed by atoms with van der Waals surface area (Å²) in [5.41, 5.74) is 0.442. The number of carbonyl (C=O) groups is 1. The van der Waals surface area contributed by atoms with Crippen molar-refractivity contribution in [3.8, 4) is 0 Å². The van der Waals surface area contributed by atoms with E-state index in [-0.39, 0.29) is 6.61 Å². The Morgan fingerprint density at radius 3 is 2.59 bits per heavy atom. The summed E-state index contributed by atoms with van der Waals surface area (Å²) in [6.07, 6.45) is 0.701. The lowest BCUT2D eigenvalue weighted by atomic mass is 10.2. The molecule has 0 aliphatic rings. The van der Waals surface area contributed by atoms with Gasteiger partial charge in [0.25, 0.3) is 0 Å². The molecule has 0 amide bonds. The number of aliphatic hydroxyl groups excluding tert-OH is 1. The Bertz CT molecular complexity index is 461. The van der Waals surface area contributed by atoms with Crippen LogP contribution in [0.5, 0.6) is 0 Å². The fourth-order valence-corrected chi connectivity index (χ4v) is 1.43. The Hall–Kier alpha value is -2.07. The van der Waals surface area contributed by atoms with Gasteiger partial charge in [0.05, 0.1) is 18.4 Å². The fourth-order valence-electron chi connectivity index (χ4n) is 1.43. The number of ether oxygens (including phenoxy) is 1. The molecular weight excluding hydrogens is 220 g/mol. The Kier molecular flexibility index (Phi) is 3.57. The van der Waals surface area contributed by atoms with E-state index >= 15 is 0 Å². The molecule has 1 N–H and O–H groups in total. The van der Waals surface area contributed by atoms with Gasteiger partial charge in [0, 0.05) is 0 Å². The third kappa shape index (κ3) is 2.73. The molecule has 17 heavy (non-hydrogen) atoms. The number of furan rings is 1. The van der Waals surface area contributed by atoms with Crippen LogP contribution in [0.2, 0.25) is 0 Å². The van der Waals surface area contributed by atoms with Gasteiger partial charge in [-0.1, -0.05) is 18.2 Å². The molecule has 0 bridgehead atoms. The molecule has 88 valence electrons. The van der Waals surface area contributed by atoms with E-state index in [0.717, 1.165) is 0 Å². The summed E-state index contributed by atoms with van der Waals surface area (Å²) in [5, 5.41) is 9.16. The van der Waals surface area contributed by atoms with E-state index in [1.54, 1.807) is 36.4 Å². The third-order valence-corrected chi connectivity index (χ3v) is 2.29. The second kappa shape index (κ2) is 5.32. The molecule has 4 nitrogen and oxygen atoms in total. The smallest absolute Gasteiger partial charge is 0.338 e. The lowest BCUT2D eigenvalue weighted by molar-refractivity contribution is 0.00646. The summed E-state index contributed by atoms with van der Waals surface area (Å²) in [4.78, 5) is 11.7. The first kappa shape index (κ1) is 11.4. The molecule has 2 aromatic rings. The monoisotopic (exact) mass is 232 g/mol. The first-order valence-corrected chi connectivity index (χ1v) is 5.21. The van der Waals surface area contributed by atoms with Crippen LogP contribution in [0.3, 0.4) is 0 Å². The molecule has 1 heterocycles. The molecule has 2 rings (SSSR count). The zero-order valence-electron chi connectivity index (χ0n) is 9.08. The van der Waals surface area contributed by atoms with Gasteiger partial charge in [-0.25, -0.2) is 4.79 Å². The van der Waals surface area contributed by atoms with Gasteiger partial charge in [-0.15, -0.1) is 0 Å². The van der Waals surface area contributed by atoms with Crippen molar-refractivity contribution >= 4 is 5.97 Å². The Balaban J connectivity index is 2.08. The van der Waals surface area contributed by atoms with E-state index in [1.165, 1.54) is 6.26 Å². The Morgan fingerprint density at radius 1 is 1.24 bits per heavy atom. The van der Waals surface area contributed by atoms with E-state index in [1.807, 2.05) is 6.07 Å². The largest absolute Gasteiger partial charge is 0.465 e. The second-order valence-corrected chi connectivity index (χ2v) is 3.46.